The summed E-state index contributed by atoms with van der Waals surface area (Å²) < 4.78 is 32.5. The highest BCUT2D eigenvalue weighted by Crippen LogP contribution is 2.12. The summed E-state index contributed by atoms with van der Waals surface area (Å²) in [5.41, 5.74) is 0.381. The largest absolute Gasteiger partial charge is 0.374 e. The Morgan fingerprint density at radius 1 is 1.48 bits per heavy atom. The monoisotopic (exact) mass is 312 g/mol. The Labute approximate surface area is 125 Å². The zero-order valence-corrected chi connectivity index (χ0v) is 13.0. The summed E-state index contributed by atoms with van der Waals surface area (Å²) in [4.78, 5) is 13.5. The van der Waals surface area contributed by atoms with Crippen LogP contribution in [0.2, 0.25) is 0 Å². The molecule has 1 aliphatic rings. The summed E-state index contributed by atoms with van der Waals surface area (Å²) in [6.07, 6.45) is -0.158. The van der Waals surface area contributed by atoms with E-state index in [-0.39, 0.29) is 23.3 Å². The van der Waals surface area contributed by atoms with Gasteiger partial charge in [-0.2, -0.15) is 0 Å². The Balaban J connectivity index is 2.04. The number of ketones is 1. The number of morpholine rings is 1. The van der Waals surface area contributed by atoms with Crippen molar-refractivity contribution in [1.29, 1.82) is 0 Å². The molecule has 1 unspecified atom stereocenters. The normalized spacial score (nSPS) is 20.4. The van der Waals surface area contributed by atoms with Crippen molar-refractivity contribution >= 4 is 15.8 Å². The van der Waals surface area contributed by atoms with E-state index in [1.807, 2.05) is 7.05 Å². The minimum absolute atomic E-state index is 0.0966. The van der Waals surface area contributed by atoms with Crippen LogP contribution < -0.4 is 4.72 Å². The van der Waals surface area contributed by atoms with Gasteiger partial charge in [0.05, 0.1) is 17.6 Å². The standard InChI is InChI=1S/C14H20N2O4S/c1-11(17)12-4-3-5-14(8-12)21(18,19)15-9-13-10-16(2)6-7-20-13/h3-5,8,13,15H,6-7,9-10H2,1-2H3. The maximum Gasteiger partial charge on any atom is 0.240 e. The van der Waals surface area contributed by atoms with Gasteiger partial charge < -0.3 is 9.64 Å². The van der Waals surface area contributed by atoms with Gasteiger partial charge in [0, 0.05) is 25.2 Å². The third kappa shape index (κ3) is 4.34. The van der Waals surface area contributed by atoms with Crippen LogP contribution in [-0.4, -0.2) is 58.5 Å². The molecule has 21 heavy (non-hydrogen) atoms. The van der Waals surface area contributed by atoms with Gasteiger partial charge in [0.25, 0.3) is 0 Å². The predicted molar refractivity (Wildman–Crippen MR) is 78.9 cm³/mol. The number of nitrogens with one attached hydrogen (secondary N) is 1. The molecule has 1 aromatic rings. The zero-order chi connectivity index (χ0) is 15.5. The molecule has 0 saturated carbocycles. The second-order valence-electron chi connectivity index (χ2n) is 5.19. The zero-order valence-electron chi connectivity index (χ0n) is 12.2. The Hall–Kier alpha value is -1.28. The molecule has 0 radical (unpaired) electrons. The molecule has 1 atom stereocenters. The fourth-order valence-corrected chi connectivity index (χ4v) is 3.27. The molecule has 0 spiro atoms. The molecule has 1 heterocycles. The lowest BCUT2D eigenvalue weighted by atomic mass is 10.2. The highest BCUT2D eigenvalue weighted by atomic mass is 32.2. The average Bonchev–Trinajstić information content (AvgIpc) is 2.45. The van der Waals surface area contributed by atoms with E-state index >= 15 is 0 Å². The maximum atomic E-state index is 12.2. The van der Waals surface area contributed by atoms with Crippen molar-refractivity contribution in [2.24, 2.45) is 0 Å². The molecule has 1 aliphatic heterocycles. The molecular weight excluding hydrogens is 292 g/mol. The molecule has 1 N–H and O–H groups in total. The molecule has 2 rings (SSSR count). The minimum Gasteiger partial charge on any atom is -0.374 e. The number of Topliss-reactive ketones (excluding diaryl/α,β-unsaturated/α-hetero) is 1. The fourth-order valence-electron chi connectivity index (χ4n) is 2.16. The van der Waals surface area contributed by atoms with Gasteiger partial charge in [0.15, 0.2) is 5.78 Å². The first kappa shape index (κ1) is 16.1. The lowest BCUT2D eigenvalue weighted by Crippen LogP contribution is -2.45. The van der Waals surface area contributed by atoms with Gasteiger partial charge in [-0.15, -0.1) is 0 Å². The number of hydrogen-bond acceptors (Lipinski definition) is 5. The summed E-state index contributed by atoms with van der Waals surface area (Å²) in [6, 6.07) is 6.03. The highest BCUT2D eigenvalue weighted by molar-refractivity contribution is 7.89. The van der Waals surface area contributed by atoms with E-state index in [0.717, 1.165) is 6.54 Å². The quantitative estimate of drug-likeness (QED) is 0.801. The van der Waals surface area contributed by atoms with E-state index in [1.54, 1.807) is 12.1 Å². The second-order valence-corrected chi connectivity index (χ2v) is 6.96. The molecule has 7 heteroatoms. The number of carbonyl (C=O) groups excluding carboxylic acids is 1. The van der Waals surface area contributed by atoms with Crippen LogP contribution >= 0.6 is 0 Å². The maximum absolute atomic E-state index is 12.2. The molecule has 1 saturated heterocycles. The van der Waals surface area contributed by atoms with E-state index in [0.29, 0.717) is 18.7 Å². The Morgan fingerprint density at radius 2 is 2.24 bits per heavy atom. The van der Waals surface area contributed by atoms with Crippen LogP contribution in [0.25, 0.3) is 0 Å². The number of rotatable bonds is 5. The summed E-state index contributed by atoms with van der Waals surface area (Å²) in [5, 5.41) is 0. The van der Waals surface area contributed by atoms with Crippen LogP contribution in [0.5, 0.6) is 0 Å². The summed E-state index contributed by atoms with van der Waals surface area (Å²) in [7, 11) is -1.66. The van der Waals surface area contributed by atoms with Crippen molar-refractivity contribution < 1.29 is 17.9 Å². The third-order valence-electron chi connectivity index (χ3n) is 3.39. The lowest BCUT2D eigenvalue weighted by molar-refractivity contribution is -0.0156. The van der Waals surface area contributed by atoms with Crippen LogP contribution in [0.3, 0.4) is 0 Å². The molecule has 116 valence electrons. The van der Waals surface area contributed by atoms with Crippen molar-refractivity contribution in [2.75, 3.05) is 33.3 Å². The first-order valence-corrected chi connectivity index (χ1v) is 8.27. The number of benzene rings is 1. The van der Waals surface area contributed by atoms with Crippen molar-refractivity contribution in [2.45, 2.75) is 17.9 Å². The predicted octanol–water partition coefficient (Wildman–Crippen LogP) is 0.498. The molecule has 0 amide bonds. The van der Waals surface area contributed by atoms with E-state index < -0.39 is 10.0 Å². The van der Waals surface area contributed by atoms with Crippen LogP contribution in [0, 0.1) is 0 Å². The van der Waals surface area contributed by atoms with Gasteiger partial charge in [0.1, 0.15) is 0 Å². The molecule has 0 bridgehead atoms. The molecular formula is C14H20N2O4S. The molecule has 1 aromatic carbocycles. The molecule has 1 fully saturated rings. The number of nitrogens with zero attached hydrogens (tertiary/aromatic N) is 1. The number of carbonyl (C=O) groups is 1. The van der Waals surface area contributed by atoms with Gasteiger partial charge in [0.2, 0.25) is 10.0 Å². The van der Waals surface area contributed by atoms with Gasteiger partial charge in [-0.25, -0.2) is 13.1 Å². The second kappa shape index (κ2) is 6.65. The number of sulfonamides is 1. The Bertz CT molecular complexity index is 615. The van der Waals surface area contributed by atoms with Crippen LogP contribution in [0.15, 0.2) is 29.2 Å². The summed E-state index contributed by atoms with van der Waals surface area (Å²) in [6.45, 7) is 3.77. The molecule has 0 aromatic heterocycles. The van der Waals surface area contributed by atoms with Crippen LogP contribution in [-0.2, 0) is 14.8 Å². The average molecular weight is 312 g/mol. The van der Waals surface area contributed by atoms with Crippen molar-refractivity contribution in [3.63, 3.8) is 0 Å². The van der Waals surface area contributed by atoms with Crippen molar-refractivity contribution in [3.8, 4) is 0 Å². The van der Waals surface area contributed by atoms with Gasteiger partial charge in [-0.1, -0.05) is 12.1 Å². The summed E-state index contributed by atoms with van der Waals surface area (Å²) in [5.74, 6) is -0.163. The lowest BCUT2D eigenvalue weighted by Gasteiger charge is -2.30. The van der Waals surface area contributed by atoms with Gasteiger partial charge in [-0.05, 0) is 26.1 Å². The van der Waals surface area contributed by atoms with E-state index in [4.69, 9.17) is 4.74 Å². The van der Waals surface area contributed by atoms with Crippen molar-refractivity contribution in [1.82, 2.24) is 9.62 Å². The van der Waals surface area contributed by atoms with Crippen LogP contribution in [0.1, 0.15) is 17.3 Å². The smallest absolute Gasteiger partial charge is 0.240 e. The molecule has 6 nitrogen and oxygen atoms in total. The minimum atomic E-state index is -3.63. The third-order valence-corrected chi connectivity index (χ3v) is 4.82. The van der Waals surface area contributed by atoms with Gasteiger partial charge in [-0.3, -0.25) is 4.79 Å². The number of likely N-dealkylation sites (N-methyl/N-ethyl adjacent to an activating group) is 1. The first-order valence-electron chi connectivity index (χ1n) is 6.79. The van der Waals surface area contributed by atoms with E-state index in [1.165, 1.54) is 19.1 Å². The SMILES string of the molecule is CC(=O)c1cccc(S(=O)(=O)NCC2CN(C)CCO2)c1. The van der Waals surface area contributed by atoms with Crippen LogP contribution in [0.4, 0.5) is 0 Å². The van der Waals surface area contributed by atoms with E-state index in [9.17, 15) is 13.2 Å². The highest BCUT2D eigenvalue weighted by Gasteiger charge is 2.21. The fraction of sp³-hybridized carbons (Fsp3) is 0.500. The Morgan fingerprint density at radius 3 is 2.90 bits per heavy atom. The number of hydrogen-bond donors (Lipinski definition) is 1. The van der Waals surface area contributed by atoms with E-state index in [2.05, 4.69) is 9.62 Å². The van der Waals surface area contributed by atoms with Gasteiger partial charge >= 0.3 is 0 Å². The Kier molecular flexibility index (Phi) is 5.10. The topological polar surface area (TPSA) is 75.7 Å². The first-order chi connectivity index (χ1) is 9.88. The number of ether oxygens (including phenoxy) is 1. The van der Waals surface area contributed by atoms with Crippen molar-refractivity contribution in [3.05, 3.63) is 29.8 Å². The molecule has 0 aliphatic carbocycles. The summed E-state index contributed by atoms with van der Waals surface area (Å²) >= 11 is 0.